The van der Waals surface area contributed by atoms with Gasteiger partial charge in [-0.25, -0.2) is 18.1 Å². The molecule has 0 aliphatic heterocycles. The Morgan fingerprint density at radius 3 is 2.50 bits per heavy atom. The van der Waals surface area contributed by atoms with Crippen LogP contribution in [0.25, 0.3) is 11.0 Å². The summed E-state index contributed by atoms with van der Waals surface area (Å²) < 4.78 is 29.8. The highest BCUT2D eigenvalue weighted by Crippen LogP contribution is 2.34. The number of hydrogen-bond acceptors (Lipinski definition) is 4. The number of hydrogen-bond donors (Lipinski definition) is 1. The first-order chi connectivity index (χ1) is 13.1. The van der Waals surface area contributed by atoms with Gasteiger partial charge in [-0.1, -0.05) is 27.2 Å². The molecule has 1 aromatic carbocycles. The molecule has 2 saturated carbocycles. The third kappa shape index (κ3) is 4.09. The number of imidazole rings is 1. The summed E-state index contributed by atoms with van der Waals surface area (Å²) in [6.07, 6.45) is 5.83. The van der Waals surface area contributed by atoms with Crippen molar-refractivity contribution in [3.8, 4) is 0 Å². The van der Waals surface area contributed by atoms with E-state index in [1.165, 1.54) is 12.8 Å². The van der Waals surface area contributed by atoms with Gasteiger partial charge in [-0.15, -0.1) is 0 Å². The van der Waals surface area contributed by atoms with Crippen molar-refractivity contribution in [3.63, 3.8) is 0 Å². The fourth-order valence-electron chi connectivity index (χ4n) is 3.64. The van der Waals surface area contributed by atoms with E-state index in [0.717, 1.165) is 43.6 Å². The maximum absolute atomic E-state index is 12.7. The zero-order chi connectivity index (χ0) is 20.1. The van der Waals surface area contributed by atoms with Crippen LogP contribution in [0.2, 0.25) is 0 Å². The van der Waals surface area contributed by atoms with Gasteiger partial charge < -0.3 is 4.57 Å². The number of nitrogens with zero attached hydrogens (tertiary/aromatic N) is 2. The fraction of sp³-hybridized carbons (Fsp3) is 0.619. The minimum absolute atomic E-state index is 0.0916. The largest absolute Gasteiger partial charge is 0.328 e. The predicted molar refractivity (Wildman–Crippen MR) is 108 cm³/mol. The summed E-state index contributed by atoms with van der Waals surface area (Å²) >= 11 is 0. The smallest absolute Gasteiger partial charge is 0.264 e. The van der Waals surface area contributed by atoms with Gasteiger partial charge in [0.1, 0.15) is 5.82 Å². The lowest BCUT2D eigenvalue weighted by atomic mass is 9.85. The first kappa shape index (κ1) is 19.4. The summed E-state index contributed by atoms with van der Waals surface area (Å²) in [6, 6.07) is 5.02. The third-order valence-corrected chi connectivity index (χ3v) is 6.99. The summed E-state index contributed by atoms with van der Waals surface area (Å²) in [5.41, 5.74) is 1.74. The number of nitrogens with one attached hydrogen (secondary N) is 1. The SMILES string of the molecule is CC(C)(C)Cc1nc2cc(S(=O)(=O)NC(=O)C3CCC3)ccc2n1CC1CC1. The van der Waals surface area contributed by atoms with Crippen LogP contribution in [0.3, 0.4) is 0 Å². The fourth-order valence-corrected chi connectivity index (χ4v) is 4.71. The zero-order valence-corrected chi connectivity index (χ0v) is 17.7. The van der Waals surface area contributed by atoms with Gasteiger partial charge in [0, 0.05) is 18.9 Å². The number of fused-ring (bicyclic) bond motifs is 1. The summed E-state index contributed by atoms with van der Waals surface area (Å²) in [5.74, 6) is 1.14. The molecule has 2 aromatic rings. The van der Waals surface area contributed by atoms with Gasteiger partial charge in [0.25, 0.3) is 10.0 Å². The highest BCUT2D eigenvalue weighted by molar-refractivity contribution is 7.90. The monoisotopic (exact) mass is 403 g/mol. The van der Waals surface area contributed by atoms with Crippen molar-refractivity contribution >= 4 is 27.0 Å². The van der Waals surface area contributed by atoms with E-state index in [0.29, 0.717) is 11.4 Å². The Hall–Kier alpha value is -1.89. The quantitative estimate of drug-likeness (QED) is 0.798. The second-order valence-corrected chi connectivity index (χ2v) is 11.2. The van der Waals surface area contributed by atoms with Crippen molar-refractivity contribution in [2.45, 2.75) is 70.7 Å². The van der Waals surface area contributed by atoms with Gasteiger partial charge in [-0.2, -0.15) is 0 Å². The van der Waals surface area contributed by atoms with E-state index in [2.05, 4.69) is 30.1 Å². The molecule has 0 bridgehead atoms. The Morgan fingerprint density at radius 1 is 1.21 bits per heavy atom. The van der Waals surface area contributed by atoms with E-state index in [9.17, 15) is 13.2 Å². The second-order valence-electron chi connectivity index (χ2n) is 9.57. The molecule has 152 valence electrons. The zero-order valence-electron chi connectivity index (χ0n) is 16.9. The van der Waals surface area contributed by atoms with Crippen LogP contribution < -0.4 is 4.72 Å². The Bertz CT molecular complexity index is 1010. The highest BCUT2D eigenvalue weighted by Gasteiger charge is 2.30. The summed E-state index contributed by atoms with van der Waals surface area (Å²) in [7, 11) is -3.87. The lowest BCUT2D eigenvalue weighted by Gasteiger charge is -2.23. The van der Waals surface area contributed by atoms with Crippen molar-refractivity contribution in [2.24, 2.45) is 17.3 Å². The minimum Gasteiger partial charge on any atom is -0.328 e. The molecule has 7 heteroatoms. The molecule has 4 rings (SSSR count). The summed E-state index contributed by atoms with van der Waals surface area (Å²) in [6.45, 7) is 7.48. The molecule has 2 aliphatic carbocycles. The molecule has 1 amide bonds. The van der Waals surface area contributed by atoms with Crippen LogP contribution in [-0.2, 0) is 27.8 Å². The van der Waals surface area contributed by atoms with E-state index >= 15 is 0 Å². The number of amides is 1. The molecule has 0 atom stereocenters. The van der Waals surface area contributed by atoms with E-state index in [4.69, 9.17) is 4.98 Å². The lowest BCUT2D eigenvalue weighted by Crippen LogP contribution is -2.38. The predicted octanol–water partition coefficient (Wildman–Crippen LogP) is 3.64. The first-order valence-corrected chi connectivity index (χ1v) is 11.7. The van der Waals surface area contributed by atoms with E-state index < -0.39 is 10.0 Å². The first-order valence-electron chi connectivity index (χ1n) is 10.2. The molecule has 1 aromatic heterocycles. The van der Waals surface area contributed by atoms with Gasteiger partial charge >= 0.3 is 0 Å². The van der Waals surface area contributed by atoms with Crippen LogP contribution in [0.15, 0.2) is 23.1 Å². The molecule has 0 radical (unpaired) electrons. The Balaban J connectivity index is 1.66. The van der Waals surface area contributed by atoms with Crippen LogP contribution in [0, 0.1) is 17.3 Å². The van der Waals surface area contributed by atoms with E-state index in [-0.39, 0.29) is 22.1 Å². The number of rotatable bonds is 6. The number of carbonyl (C=O) groups is 1. The van der Waals surface area contributed by atoms with Gasteiger partial charge in [-0.3, -0.25) is 4.79 Å². The maximum Gasteiger partial charge on any atom is 0.264 e. The molecule has 1 heterocycles. The third-order valence-electron chi connectivity index (χ3n) is 5.65. The van der Waals surface area contributed by atoms with Crippen molar-refractivity contribution in [1.29, 1.82) is 0 Å². The van der Waals surface area contributed by atoms with Crippen molar-refractivity contribution in [2.75, 3.05) is 0 Å². The van der Waals surface area contributed by atoms with Crippen LogP contribution >= 0.6 is 0 Å². The van der Waals surface area contributed by atoms with Crippen LogP contribution in [-0.4, -0.2) is 23.9 Å². The summed E-state index contributed by atoms with van der Waals surface area (Å²) in [5, 5.41) is 0. The van der Waals surface area contributed by atoms with Crippen molar-refractivity contribution in [3.05, 3.63) is 24.0 Å². The normalized spacial score (nSPS) is 18.2. The Morgan fingerprint density at radius 2 is 1.93 bits per heavy atom. The molecular formula is C21H29N3O3S. The molecule has 0 unspecified atom stereocenters. The molecule has 0 spiro atoms. The van der Waals surface area contributed by atoms with E-state index in [1.807, 2.05) is 6.07 Å². The molecule has 28 heavy (non-hydrogen) atoms. The summed E-state index contributed by atoms with van der Waals surface area (Å²) in [4.78, 5) is 17.0. The van der Waals surface area contributed by atoms with Crippen LogP contribution in [0.5, 0.6) is 0 Å². The Labute approximate surface area is 166 Å². The molecule has 1 N–H and O–H groups in total. The number of sulfonamides is 1. The van der Waals surface area contributed by atoms with Crippen LogP contribution in [0.4, 0.5) is 0 Å². The molecular weight excluding hydrogens is 374 g/mol. The van der Waals surface area contributed by atoms with Gasteiger partial charge in [-0.05, 0) is 55.2 Å². The number of carbonyl (C=O) groups excluding carboxylic acids is 1. The molecule has 0 saturated heterocycles. The minimum atomic E-state index is -3.87. The Kier molecular flexibility index (Phi) is 4.76. The van der Waals surface area contributed by atoms with E-state index in [1.54, 1.807) is 12.1 Å². The lowest BCUT2D eigenvalue weighted by molar-refractivity contribution is -0.125. The molecule has 2 aliphatic rings. The van der Waals surface area contributed by atoms with Gasteiger partial charge in [0.2, 0.25) is 5.91 Å². The van der Waals surface area contributed by atoms with Crippen LogP contribution in [0.1, 0.15) is 58.7 Å². The average Bonchev–Trinajstić information content (AvgIpc) is 3.26. The van der Waals surface area contributed by atoms with Gasteiger partial charge in [0.15, 0.2) is 0 Å². The topological polar surface area (TPSA) is 81.1 Å². The number of aromatic nitrogens is 2. The maximum atomic E-state index is 12.7. The van der Waals surface area contributed by atoms with Crippen molar-refractivity contribution in [1.82, 2.24) is 14.3 Å². The number of benzene rings is 1. The molecule has 2 fully saturated rings. The second kappa shape index (κ2) is 6.87. The van der Waals surface area contributed by atoms with Gasteiger partial charge in [0.05, 0.1) is 15.9 Å². The van der Waals surface area contributed by atoms with Crippen molar-refractivity contribution < 1.29 is 13.2 Å². The highest BCUT2D eigenvalue weighted by atomic mass is 32.2. The molecule has 6 nitrogen and oxygen atoms in total. The standard InChI is InChI=1S/C21H29N3O3S/c1-21(2,3)12-19-22-17-11-16(9-10-18(17)24(19)13-14-7-8-14)28(26,27)23-20(25)15-5-4-6-15/h9-11,14-15H,4-8,12-13H2,1-3H3,(H,23,25). The average molecular weight is 404 g/mol.